The summed E-state index contributed by atoms with van der Waals surface area (Å²) in [4.78, 5) is 15.7. The van der Waals surface area contributed by atoms with Crippen LogP contribution in [0.5, 0.6) is 0 Å². The Bertz CT molecular complexity index is 511. The van der Waals surface area contributed by atoms with Gasteiger partial charge in [0.25, 0.3) is 0 Å². The van der Waals surface area contributed by atoms with Crippen molar-refractivity contribution >= 4 is 6.09 Å². The molecule has 5 heteroatoms. The SMILES string of the molecule is CCOC(=O)N1CCN(C(CO)c2cccc(C(C)C)c2)CC1. The van der Waals surface area contributed by atoms with E-state index in [1.165, 1.54) is 5.56 Å². The summed E-state index contributed by atoms with van der Waals surface area (Å²) in [7, 11) is 0. The molecule has 128 valence electrons. The molecule has 1 aliphatic heterocycles. The van der Waals surface area contributed by atoms with E-state index in [1.807, 2.05) is 6.92 Å². The predicted molar refractivity (Wildman–Crippen MR) is 90.5 cm³/mol. The van der Waals surface area contributed by atoms with Crippen LogP contribution >= 0.6 is 0 Å². The Morgan fingerprint density at radius 2 is 1.87 bits per heavy atom. The highest BCUT2D eigenvalue weighted by atomic mass is 16.6. The molecule has 1 atom stereocenters. The van der Waals surface area contributed by atoms with Crippen LogP contribution in [0.2, 0.25) is 0 Å². The van der Waals surface area contributed by atoms with Crippen LogP contribution in [-0.4, -0.2) is 60.4 Å². The van der Waals surface area contributed by atoms with Gasteiger partial charge in [-0.15, -0.1) is 0 Å². The molecular weight excluding hydrogens is 292 g/mol. The topological polar surface area (TPSA) is 53.0 Å². The molecule has 1 unspecified atom stereocenters. The van der Waals surface area contributed by atoms with Crippen LogP contribution in [0.15, 0.2) is 24.3 Å². The van der Waals surface area contributed by atoms with Crippen LogP contribution in [0.3, 0.4) is 0 Å². The van der Waals surface area contributed by atoms with E-state index in [0.29, 0.717) is 25.6 Å². The first-order chi connectivity index (χ1) is 11.1. The van der Waals surface area contributed by atoms with Crippen molar-refractivity contribution in [1.29, 1.82) is 0 Å². The first kappa shape index (κ1) is 17.8. The fourth-order valence-electron chi connectivity index (χ4n) is 2.99. The number of carbonyl (C=O) groups excluding carboxylic acids is 1. The van der Waals surface area contributed by atoms with Crippen molar-refractivity contribution in [3.05, 3.63) is 35.4 Å². The highest BCUT2D eigenvalue weighted by Gasteiger charge is 2.27. The van der Waals surface area contributed by atoms with E-state index in [0.717, 1.165) is 18.7 Å². The van der Waals surface area contributed by atoms with Crippen molar-refractivity contribution in [2.24, 2.45) is 0 Å². The first-order valence-corrected chi connectivity index (χ1v) is 8.43. The van der Waals surface area contributed by atoms with Crippen molar-refractivity contribution < 1.29 is 14.6 Å². The van der Waals surface area contributed by atoms with Gasteiger partial charge in [0.05, 0.1) is 19.3 Å². The highest BCUT2D eigenvalue weighted by molar-refractivity contribution is 5.67. The molecule has 1 fully saturated rings. The zero-order valence-electron chi connectivity index (χ0n) is 14.4. The van der Waals surface area contributed by atoms with E-state index in [-0.39, 0.29) is 18.7 Å². The van der Waals surface area contributed by atoms with Gasteiger partial charge < -0.3 is 14.7 Å². The molecule has 1 aliphatic rings. The van der Waals surface area contributed by atoms with Crippen molar-refractivity contribution in [2.45, 2.75) is 32.7 Å². The molecule has 1 N–H and O–H groups in total. The van der Waals surface area contributed by atoms with Gasteiger partial charge in [0.2, 0.25) is 0 Å². The summed E-state index contributed by atoms with van der Waals surface area (Å²) >= 11 is 0. The normalized spacial score (nSPS) is 17.3. The average molecular weight is 320 g/mol. The summed E-state index contributed by atoms with van der Waals surface area (Å²) in [5.41, 5.74) is 2.43. The third-order valence-electron chi connectivity index (χ3n) is 4.42. The predicted octanol–water partition coefficient (Wildman–Crippen LogP) is 2.62. The molecule has 0 spiro atoms. The van der Waals surface area contributed by atoms with Gasteiger partial charge in [0.1, 0.15) is 0 Å². The van der Waals surface area contributed by atoms with E-state index < -0.39 is 0 Å². The van der Waals surface area contributed by atoms with Crippen molar-refractivity contribution in [3.63, 3.8) is 0 Å². The van der Waals surface area contributed by atoms with Crippen molar-refractivity contribution in [3.8, 4) is 0 Å². The van der Waals surface area contributed by atoms with Crippen LogP contribution in [0.25, 0.3) is 0 Å². The number of benzene rings is 1. The molecule has 2 rings (SSSR count). The summed E-state index contributed by atoms with van der Waals surface area (Å²) in [6.07, 6.45) is -0.241. The van der Waals surface area contributed by atoms with Crippen LogP contribution in [0.1, 0.15) is 43.9 Å². The smallest absolute Gasteiger partial charge is 0.409 e. The van der Waals surface area contributed by atoms with Gasteiger partial charge in [-0.2, -0.15) is 0 Å². The van der Waals surface area contributed by atoms with E-state index in [9.17, 15) is 9.90 Å². The third kappa shape index (κ3) is 4.45. The van der Waals surface area contributed by atoms with Crippen LogP contribution in [-0.2, 0) is 4.74 Å². The molecule has 0 aliphatic carbocycles. The molecule has 1 aromatic carbocycles. The second kappa shape index (κ2) is 8.31. The minimum Gasteiger partial charge on any atom is -0.450 e. The number of aliphatic hydroxyl groups is 1. The maximum atomic E-state index is 11.8. The zero-order valence-corrected chi connectivity index (χ0v) is 14.4. The maximum Gasteiger partial charge on any atom is 0.409 e. The van der Waals surface area contributed by atoms with Crippen molar-refractivity contribution in [2.75, 3.05) is 39.4 Å². The lowest BCUT2D eigenvalue weighted by Crippen LogP contribution is -2.50. The summed E-state index contributed by atoms with van der Waals surface area (Å²) in [6.45, 7) is 9.42. The fraction of sp³-hybridized carbons (Fsp3) is 0.611. The zero-order chi connectivity index (χ0) is 16.8. The fourth-order valence-corrected chi connectivity index (χ4v) is 2.99. The van der Waals surface area contributed by atoms with Gasteiger partial charge >= 0.3 is 6.09 Å². The minimum absolute atomic E-state index is 0.0157. The van der Waals surface area contributed by atoms with Gasteiger partial charge in [-0.1, -0.05) is 38.1 Å². The van der Waals surface area contributed by atoms with Gasteiger partial charge in [-0.25, -0.2) is 4.79 Å². The number of rotatable bonds is 5. The molecule has 1 amide bonds. The van der Waals surface area contributed by atoms with Gasteiger partial charge in [0, 0.05) is 26.2 Å². The number of carbonyl (C=O) groups is 1. The molecule has 5 nitrogen and oxygen atoms in total. The first-order valence-electron chi connectivity index (χ1n) is 8.43. The molecule has 0 aromatic heterocycles. The summed E-state index contributed by atoms with van der Waals surface area (Å²) < 4.78 is 5.05. The molecule has 1 heterocycles. The lowest BCUT2D eigenvalue weighted by Gasteiger charge is -2.38. The second-order valence-corrected chi connectivity index (χ2v) is 6.25. The van der Waals surface area contributed by atoms with E-state index >= 15 is 0 Å². The average Bonchev–Trinajstić information content (AvgIpc) is 2.56. The van der Waals surface area contributed by atoms with E-state index in [4.69, 9.17) is 4.74 Å². The monoisotopic (exact) mass is 320 g/mol. The number of aliphatic hydroxyl groups excluding tert-OH is 1. The Morgan fingerprint density at radius 1 is 1.22 bits per heavy atom. The summed E-state index contributed by atoms with van der Waals surface area (Å²) in [5.74, 6) is 0.468. The standard InChI is InChI=1S/C18H28N2O3/c1-4-23-18(22)20-10-8-19(9-11-20)17(13-21)16-7-5-6-15(12-16)14(2)3/h5-7,12,14,17,21H,4,8-11,13H2,1-3H3. The quantitative estimate of drug-likeness (QED) is 0.906. The summed E-state index contributed by atoms with van der Waals surface area (Å²) in [5, 5.41) is 9.87. The Labute approximate surface area is 138 Å². The number of piperazine rings is 1. The van der Waals surface area contributed by atoms with Gasteiger partial charge in [-0.05, 0) is 24.0 Å². The Balaban J connectivity index is 2.03. The largest absolute Gasteiger partial charge is 0.450 e. The molecular formula is C18H28N2O3. The van der Waals surface area contributed by atoms with Gasteiger partial charge in [0.15, 0.2) is 0 Å². The Morgan fingerprint density at radius 3 is 2.43 bits per heavy atom. The molecule has 0 radical (unpaired) electrons. The Kier molecular flexibility index (Phi) is 6.42. The Hall–Kier alpha value is -1.59. The molecule has 23 heavy (non-hydrogen) atoms. The highest BCUT2D eigenvalue weighted by Crippen LogP contribution is 2.25. The van der Waals surface area contributed by atoms with E-state index in [1.54, 1.807) is 4.90 Å². The number of ether oxygens (including phenoxy) is 1. The third-order valence-corrected chi connectivity index (χ3v) is 4.42. The number of hydrogen-bond donors (Lipinski definition) is 1. The number of nitrogens with zero attached hydrogens (tertiary/aromatic N) is 2. The van der Waals surface area contributed by atoms with Crippen LogP contribution < -0.4 is 0 Å². The van der Waals surface area contributed by atoms with Crippen molar-refractivity contribution in [1.82, 2.24) is 9.80 Å². The maximum absolute atomic E-state index is 11.8. The lowest BCUT2D eigenvalue weighted by atomic mass is 9.97. The van der Waals surface area contributed by atoms with Crippen LogP contribution in [0, 0.1) is 0 Å². The minimum atomic E-state index is -0.241. The molecule has 1 aromatic rings. The molecule has 0 bridgehead atoms. The second-order valence-electron chi connectivity index (χ2n) is 6.25. The van der Waals surface area contributed by atoms with Crippen LogP contribution in [0.4, 0.5) is 4.79 Å². The number of hydrogen-bond acceptors (Lipinski definition) is 4. The lowest BCUT2D eigenvalue weighted by molar-refractivity contribution is 0.0509. The van der Waals surface area contributed by atoms with E-state index in [2.05, 4.69) is 43.0 Å². The summed E-state index contributed by atoms with van der Waals surface area (Å²) in [6, 6.07) is 8.43. The molecule has 1 saturated heterocycles. The number of amides is 1. The molecule has 0 saturated carbocycles. The van der Waals surface area contributed by atoms with Gasteiger partial charge in [-0.3, -0.25) is 4.90 Å².